The number of halogens is 3. The van der Waals surface area contributed by atoms with Crippen LogP contribution in [0, 0.1) is 5.41 Å². The van der Waals surface area contributed by atoms with Gasteiger partial charge in [0.2, 0.25) is 5.91 Å². The summed E-state index contributed by atoms with van der Waals surface area (Å²) in [5, 5.41) is 3.26. The number of carbonyl (C=O) groups is 2. The number of alkyl halides is 2. The SMILES string of the molecule is COC(=O)CC(NC(=O)C1(C)CC1(Cl)Cl)c1ccccc1Cl. The Labute approximate surface area is 144 Å². The van der Waals surface area contributed by atoms with E-state index in [4.69, 9.17) is 34.8 Å². The van der Waals surface area contributed by atoms with Gasteiger partial charge in [-0.05, 0) is 25.0 Å². The molecule has 0 aromatic heterocycles. The van der Waals surface area contributed by atoms with Crippen LogP contribution in [0.4, 0.5) is 0 Å². The Morgan fingerprint density at radius 1 is 1.36 bits per heavy atom. The van der Waals surface area contributed by atoms with E-state index < -0.39 is 21.8 Å². The first-order chi connectivity index (χ1) is 10.2. The summed E-state index contributed by atoms with van der Waals surface area (Å²) in [5.41, 5.74) is -0.229. The van der Waals surface area contributed by atoms with Crippen molar-refractivity contribution in [2.45, 2.75) is 30.1 Å². The molecule has 1 aliphatic carbocycles. The molecular formula is C15H16Cl3NO3. The van der Waals surface area contributed by atoms with E-state index in [2.05, 4.69) is 10.1 Å². The molecule has 120 valence electrons. The summed E-state index contributed by atoms with van der Waals surface area (Å²) >= 11 is 18.2. The fourth-order valence-electron chi connectivity index (χ4n) is 2.21. The van der Waals surface area contributed by atoms with Crippen LogP contribution in [0.25, 0.3) is 0 Å². The molecule has 0 heterocycles. The second-order valence-corrected chi connectivity index (χ2v) is 7.43. The van der Waals surface area contributed by atoms with Crippen molar-refractivity contribution in [1.29, 1.82) is 0 Å². The third kappa shape index (κ3) is 3.34. The van der Waals surface area contributed by atoms with Crippen LogP contribution in [0.3, 0.4) is 0 Å². The number of amides is 1. The van der Waals surface area contributed by atoms with Crippen LogP contribution in [0.2, 0.25) is 5.02 Å². The molecule has 2 unspecified atom stereocenters. The minimum atomic E-state index is -1.08. The number of esters is 1. The number of carbonyl (C=O) groups excluding carboxylic acids is 2. The normalized spacial score (nSPS) is 23.5. The second-order valence-electron chi connectivity index (χ2n) is 5.54. The molecule has 0 saturated heterocycles. The third-order valence-electron chi connectivity index (χ3n) is 3.94. The van der Waals surface area contributed by atoms with E-state index in [0.29, 0.717) is 17.0 Å². The Hall–Kier alpha value is -0.970. The molecule has 0 bridgehead atoms. The van der Waals surface area contributed by atoms with E-state index in [1.165, 1.54) is 7.11 Å². The summed E-state index contributed by atoms with van der Waals surface area (Å²) in [4.78, 5) is 24.0. The fraction of sp³-hybridized carbons (Fsp3) is 0.467. The average molecular weight is 365 g/mol. The van der Waals surface area contributed by atoms with Crippen LogP contribution in [0.1, 0.15) is 31.4 Å². The third-order valence-corrected chi connectivity index (χ3v) is 5.39. The predicted molar refractivity (Wildman–Crippen MR) is 86.1 cm³/mol. The van der Waals surface area contributed by atoms with Gasteiger partial charge < -0.3 is 10.1 Å². The van der Waals surface area contributed by atoms with Crippen LogP contribution in [-0.2, 0) is 14.3 Å². The Morgan fingerprint density at radius 3 is 2.45 bits per heavy atom. The number of ether oxygens (including phenoxy) is 1. The maximum absolute atomic E-state index is 12.4. The molecular weight excluding hydrogens is 349 g/mol. The number of nitrogens with one attached hydrogen (secondary N) is 1. The summed E-state index contributed by atoms with van der Waals surface area (Å²) in [7, 11) is 1.29. The lowest BCUT2D eigenvalue weighted by molar-refractivity contribution is -0.141. The molecule has 1 aliphatic rings. The lowest BCUT2D eigenvalue weighted by atomic mass is 10.0. The van der Waals surface area contributed by atoms with Crippen molar-refractivity contribution in [3.63, 3.8) is 0 Å². The van der Waals surface area contributed by atoms with Gasteiger partial charge in [0, 0.05) is 5.02 Å². The summed E-state index contributed by atoms with van der Waals surface area (Å²) in [5.74, 6) is -0.763. The fourth-order valence-corrected chi connectivity index (χ4v) is 3.18. The highest BCUT2D eigenvalue weighted by atomic mass is 35.5. The second kappa shape index (κ2) is 6.26. The topological polar surface area (TPSA) is 55.4 Å². The highest BCUT2D eigenvalue weighted by Crippen LogP contribution is 2.64. The van der Waals surface area contributed by atoms with Gasteiger partial charge in [-0.15, -0.1) is 23.2 Å². The maximum atomic E-state index is 12.4. The van der Waals surface area contributed by atoms with Crippen LogP contribution >= 0.6 is 34.8 Å². The van der Waals surface area contributed by atoms with Crippen LogP contribution in [-0.4, -0.2) is 23.3 Å². The monoisotopic (exact) mass is 363 g/mol. The maximum Gasteiger partial charge on any atom is 0.307 e. The first kappa shape index (κ1) is 17.4. The Kier molecular flexibility index (Phi) is 4.95. The van der Waals surface area contributed by atoms with E-state index in [0.717, 1.165) is 0 Å². The zero-order valence-corrected chi connectivity index (χ0v) is 14.4. The van der Waals surface area contributed by atoms with Crippen LogP contribution in [0.5, 0.6) is 0 Å². The van der Waals surface area contributed by atoms with Gasteiger partial charge >= 0.3 is 5.97 Å². The van der Waals surface area contributed by atoms with Crippen molar-refractivity contribution in [3.05, 3.63) is 34.9 Å². The van der Waals surface area contributed by atoms with E-state index in [9.17, 15) is 9.59 Å². The molecule has 1 aromatic rings. The van der Waals surface area contributed by atoms with Crippen molar-refractivity contribution in [2.75, 3.05) is 7.11 Å². The first-order valence-electron chi connectivity index (χ1n) is 6.71. The molecule has 2 atom stereocenters. The van der Waals surface area contributed by atoms with Crippen molar-refractivity contribution in [3.8, 4) is 0 Å². The molecule has 1 amide bonds. The van der Waals surface area contributed by atoms with E-state index in [-0.39, 0.29) is 12.3 Å². The first-order valence-corrected chi connectivity index (χ1v) is 7.85. The van der Waals surface area contributed by atoms with Gasteiger partial charge in [0.05, 0.1) is 25.0 Å². The molecule has 0 spiro atoms. The predicted octanol–water partition coefficient (Wildman–Crippen LogP) is 3.64. The van der Waals surface area contributed by atoms with Gasteiger partial charge in [0.1, 0.15) is 4.33 Å². The number of hydrogen-bond acceptors (Lipinski definition) is 3. The van der Waals surface area contributed by atoms with Gasteiger partial charge in [0.15, 0.2) is 0 Å². The van der Waals surface area contributed by atoms with Crippen molar-refractivity contribution in [2.24, 2.45) is 5.41 Å². The molecule has 1 saturated carbocycles. The Morgan fingerprint density at radius 2 is 1.95 bits per heavy atom. The molecule has 0 radical (unpaired) electrons. The minimum Gasteiger partial charge on any atom is -0.469 e. The van der Waals surface area contributed by atoms with Gasteiger partial charge in [-0.1, -0.05) is 29.8 Å². The zero-order chi connectivity index (χ0) is 16.5. The van der Waals surface area contributed by atoms with Gasteiger partial charge in [-0.3, -0.25) is 9.59 Å². The smallest absolute Gasteiger partial charge is 0.307 e. The molecule has 4 nitrogen and oxygen atoms in total. The van der Waals surface area contributed by atoms with Crippen molar-refractivity contribution >= 4 is 46.7 Å². The standard InChI is InChI=1S/C15H16Cl3NO3/c1-14(8-15(14,17)18)13(21)19-11(7-12(20)22-2)9-5-3-4-6-10(9)16/h3-6,11H,7-8H2,1-2H3,(H,19,21). The average Bonchev–Trinajstić information content (AvgIpc) is 2.98. The molecule has 1 N–H and O–H groups in total. The highest BCUT2D eigenvalue weighted by Gasteiger charge is 2.68. The van der Waals surface area contributed by atoms with E-state index in [1.807, 2.05) is 0 Å². The molecule has 0 aliphatic heterocycles. The van der Waals surface area contributed by atoms with Crippen LogP contribution in [0.15, 0.2) is 24.3 Å². The summed E-state index contributed by atoms with van der Waals surface area (Å²) < 4.78 is 3.60. The number of rotatable bonds is 5. The van der Waals surface area contributed by atoms with E-state index >= 15 is 0 Å². The lowest BCUT2D eigenvalue weighted by Gasteiger charge is -2.22. The van der Waals surface area contributed by atoms with E-state index in [1.54, 1.807) is 31.2 Å². The van der Waals surface area contributed by atoms with Gasteiger partial charge in [-0.2, -0.15) is 0 Å². The minimum absolute atomic E-state index is 0.0282. The summed E-state index contributed by atoms with van der Waals surface area (Å²) in [6.45, 7) is 1.68. The molecule has 1 fully saturated rings. The summed E-state index contributed by atoms with van der Waals surface area (Å²) in [6.07, 6.45) is 0.335. The number of benzene rings is 1. The van der Waals surface area contributed by atoms with Crippen LogP contribution < -0.4 is 5.32 Å². The quantitative estimate of drug-likeness (QED) is 0.641. The number of hydrogen-bond donors (Lipinski definition) is 1. The van der Waals surface area contributed by atoms with Gasteiger partial charge in [-0.25, -0.2) is 0 Å². The molecule has 7 heteroatoms. The molecule has 22 heavy (non-hydrogen) atoms. The lowest BCUT2D eigenvalue weighted by Crippen LogP contribution is -2.37. The number of methoxy groups -OCH3 is 1. The molecule has 1 aromatic carbocycles. The van der Waals surface area contributed by atoms with Crippen molar-refractivity contribution in [1.82, 2.24) is 5.32 Å². The van der Waals surface area contributed by atoms with Gasteiger partial charge in [0.25, 0.3) is 0 Å². The zero-order valence-electron chi connectivity index (χ0n) is 12.2. The Bertz CT molecular complexity index is 605. The molecule has 2 rings (SSSR count). The van der Waals surface area contributed by atoms with Crippen molar-refractivity contribution < 1.29 is 14.3 Å². The highest BCUT2D eigenvalue weighted by molar-refractivity contribution is 6.53. The Balaban J connectivity index is 2.21. The summed E-state index contributed by atoms with van der Waals surface area (Å²) in [6, 6.07) is 6.40. The largest absolute Gasteiger partial charge is 0.469 e.